The van der Waals surface area contributed by atoms with Crippen molar-refractivity contribution in [2.45, 2.75) is 13.3 Å². The Balaban J connectivity index is 2.31. The molecule has 1 aromatic rings. The minimum Gasteiger partial charge on any atom is -0.383 e. The number of aromatic nitrogens is 3. The second-order valence-corrected chi connectivity index (χ2v) is 4.71. The molecule has 1 unspecified atom stereocenters. The molecule has 0 fully saturated rings. The van der Waals surface area contributed by atoms with Crippen molar-refractivity contribution in [2.75, 3.05) is 26.8 Å². The topological polar surface area (TPSA) is 52.0 Å². The lowest BCUT2D eigenvalue weighted by Gasteiger charge is -2.12. The number of hydrogen-bond acceptors (Lipinski definition) is 4. The van der Waals surface area contributed by atoms with Gasteiger partial charge in [-0.05, 0) is 34.8 Å². The lowest BCUT2D eigenvalue weighted by Crippen LogP contribution is -2.26. The molecule has 0 aromatic carbocycles. The number of aryl methyl sites for hydroxylation is 1. The quantitative estimate of drug-likeness (QED) is 0.761. The van der Waals surface area contributed by atoms with Crippen LogP contribution in [0.3, 0.4) is 0 Å². The van der Waals surface area contributed by atoms with Crippen LogP contribution in [0.5, 0.6) is 0 Å². The monoisotopic (exact) mass is 290 g/mol. The molecule has 1 heterocycles. The van der Waals surface area contributed by atoms with Crippen LogP contribution in [0.2, 0.25) is 0 Å². The Hall–Kier alpha value is -0.460. The average Bonchev–Trinajstić information content (AvgIpc) is 2.56. The summed E-state index contributed by atoms with van der Waals surface area (Å²) >= 11 is 3.40. The number of halogens is 1. The first-order chi connectivity index (χ1) is 7.65. The van der Waals surface area contributed by atoms with Gasteiger partial charge in [-0.25, -0.2) is 0 Å². The largest absolute Gasteiger partial charge is 0.383 e. The fourth-order valence-electron chi connectivity index (χ4n) is 1.49. The Morgan fingerprint density at radius 2 is 2.31 bits per heavy atom. The van der Waals surface area contributed by atoms with E-state index in [0.29, 0.717) is 5.92 Å². The van der Waals surface area contributed by atoms with Crippen molar-refractivity contribution in [1.82, 2.24) is 20.3 Å². The molecule has 0 saturated carbocycles. The van der Waals surface area contributed by atoms with Crippen molar-refractivity contribution in [3.05, 3.63) is 10.3 Å². The summed E-state index contributed by atoms with van der Waals surface area (Å²) in [6, 6.07) is 0. The van der Waals surface area contributed by atoms with Crippen LogP contribution < -0.4 is 5.32 Å². The zero-order chi connectivity index (χ0) is 12.0. The Labute approximate surface area is 105 Å². The Morgan fingerprint density at radius 3 is 2.88 bits per heavy atom. The molecule has 1 atom stereocenters. The van der Waals surface area contributed by atoms with E-state index in [4.69, 9.17) is 4.74 Å². The summed E-state index contributed by atoms with van der Waals surface area (Å²) in [4.78, 5) is 0. The molecule has 6 heteroatoms. The van der Waals surface area contributed by atoms with Gasteiger partial charge in [0, 0.05) is 20.7 Å². The van der Waals surface area contributed by atoms with Gasteiger partial charge >= 0.3 is 0 Å². The number of ether oxygens (including phenoxy) is 1. The summed E-state index contributed by atoms with van der Waals surface area (Å²) in [7, 11) is 3.63. The fourth-order valence-corrected chi connectivity index (χ4v) is 1.98. The first-order valence-corrected chi connectivity index (χ1v) is 6.18. The van der Waals surface area contributed by atoms with Crippen LogP contribution in [-0.4, -0.2) is 41.8 Å². The molecular weight excluding hydrogens is 272 g/mol. The summed E-state index contributed by atoms with van der Waals surface area (Å²) in [5, 5.41) is 11.3. The molecule has 0 saturated heterocycles. The van der Waals surface area contributed by atoms with Crippen molar-refractivity contribution in [3.8, 4) is 0 Å². The highest BCUT2D eigenvalue weighted by atomic mass is 79.9. The zero-order valence-electron chi connectivity index (χ0n) is 10.0. The van der Waals surface area contributed by atoms with Gasteiger partial charge in [0.05, 0.1) is 12.3 Å². The van der Waals surface area contributed by atoms with E-state index < -0.39 is 0 Å². The third-order valence-corrected chi connectivity index (χ3v) is 3.03. The molecule has 0 spiro atoms. The highest BCUT2D eigenvalue weighted by molar-refractivity contribution is 9.10. The van der Waals surface area contributed by atoms with E-state index in [0.717, 1.165) is 36.4 Å². The van der Waals surface area contributed by atoms with E-state index >= 15 is 0 Å². The van der Waals surface area contributed by atoms with Gasteiger partial charge in [0.15, 0.2) is 4.60 Å². The van der Waals surface area contributed by atoms with Gasteiger partial charge in [-0.1, -0.05) is 12.1 Å². The summed E-state index contributed by atoms with van der Waals surface area (Å²) in [6.07, 6.45) is 0.962. The molecule has 0 aliphatic rings. The SMILES string of the molecule is COCCNCC(C)Cc1c(Br)nnn1C. The zero-order valence-corrected chi connectivity index (χ0v) is 11.6. The van der Waals surface area contributed by atoms with E-state index in [9.17, 15) is 0 Å². The molecule has 92 valence electrons. The highest BCUT2D eigenvalue weighted by Crippen LogP contribution is 2.15. The van der Waals surface area contributed by atoms with Crippen molar-refractivity contribution in [3.63, 3.8) is 0 Å². The van der Waals surface area contributed by atoms with Gasteiger partial charge in [-0.15, -0.1) is 5.10 Å². The van der Waals surface area contributed by atoms with Gasteiger partial charge in [0.1, 0.15) is 0 Å². The third-order valence-electron chi connectivity index (χ3n) is 2.41. The smallest absolute Gasteiger partial charge is 0.151 e. The van der Waals surface area contributed by atoms with Crippen LogP contribution in [0.15, 0.2) is 4.60 Å². The predicted molar refractivity (Wildman–Crippen MR) is 66.3 cm³/mol. The first kappa shape index (κ1) is 13.6. The Morgan fingerprint density at radius 1 is 1.56 bits per heavy atom. The molecule has 16 heavy (non-hydrogen) atoms. The number of hydrogen-bond donors (Lipinski definition) is 1. The molecule has 0 bridgehead atoms. The summed E-state index contributed by atoms with van der Waals surface area (Å²) in [5.41, 5.74) is 1.14. The Kier molecular flexibility index (Phi) is 5.94. The van der Waals surface area contributed by atoms with Crippen molar-refractivity contribution < 1.29 is 4.74 Å². The molecule has 0 radical (unpaired) electrons. The van der Waals surface area contributed by atoms with Gasteiger partial charge in [0.2, 0.25) is 0 Å². The maximum atomic E-state index is 4.97. The van der Waals surface area contributed by atoms with E-state index in [-0.39, 0.29) is 0 Å². The van der Waals surface area contributed by atoms with Crippen LogP contribution in [-0.2, 0) is 18.2 Å². The molecule has 1 rings (SSSR count). The van der Waals surface area contributed by atoms with E-state index in [1.54, 1.807) is 7.11 Å². The van der Waals surface area contributed by atoms with Gasteiger partial charge < -0.3 is 10.1 Å². The number of nitrogens with one attached hydrogen (secondary N) is 1. The van der Waals surface area contributed by atoms with Crippen molar-refractivity contribution >= 4 is 15.9 Å². The average molecular weight is 291 g/mol. The lowest BCUT2D eigenvalue weighted by atomic mass is 10.1. The molecule has 1 N–H and O–H groups in total. The van der Waals surface area contributed by atoms with Gasteiger partial charge in [-0.2, -0.15) is 0 Å². The molecule has 0 aliphatic heterocycles. The highest BCUT2D eigenvalue weighted by Gasteiger charge is 2.11. The lowest BCUT2D eigenvalue weighted by molar-refractivity contribution is 0.198. The third kappa shape index (κ3) is 4.19. The normalized spacial score (nSPS) is 13.0. The van der Waals surface area contributed by atoms with Crippen LogP contribution in [0.1, 0.15) is 12.6 Å². The van der Waals surface area contributed by atoms with Crippen LogP contribution in [0, 0.1) is 5.92 Å². The van der Waals surface area contributed by atoms with Crippen LogP contribution in [0.25, 0.3) is 0 Å². The van der Waals surface area contributed by atoms with Crippen LogP contribution in [0.4, 0.5) is 0 Å². The minimum absolute atomic E-state index is 0.547. The van der Waals surface area contributed by atoms with E-state index in [1.807, 2.05) is 11.7 Å². The van der Waals surface area contributed by atoms with Crippen LogP contribution >= 0.6 is 15.9 Å². The summed E-state index contributed by atoms with van der Waals surface area (Å²) in [6.45, 7) is 4.83. The number of nitrogens with zero attached hydrogens (tertiary/aromatic N) is 3. The summed E-state index contributed by atoms with van der Waals surface area (Å²) < 4.78 is 7.63. The number of rotatable bonds is 7. The van der Waals surface area contributed by atoms with Gasteiger partial charge in [-0.3, -0.25) is 4.68 Å². The fraction of sp³-hybridized carbons (Fsp3) is 0.800. The van der Waals surface area contributed by atoms with E-state index in [1.165, 1.54) is 0 Å². The second kappa shape index (κ2) is 6.98. The number of methoxy groups -OCH3 is 1. The maximum absolute atomic E-state index is 4.97. The first-order valence-electron chi connectivity index (χ1n) is 5.38. The van der Waals surface area contributed by atoms with Crippen molar-refractivity contribution in [2.24, 2.45) is 13.0 Å². The molecular formula is C10H19BrN4O. The molecule has 0 amide bonds. The maximum Gasteiger partial charge on any atom is 0.151 e. The molecule has 5 nitrogen and oxygen atoms in total. The Bertz CT molecular complexity index is 296. The second-order valence-electron chi connectivity index (χ2n) is 3.96. The molecule has 1 aromatic heterocycles. The predicted octanol–water partition coefficient (Wildman–Crippen LogP) is 0.992. The van der Waals surface area contributed by atoms with Crippen molar-refractivity contribution in [1.29, 1.82) is 0 Å². The minimum atomic E-state index is 0.547. The van der Waals surface area contributed by atoms with E-state index in [2.05, 4.69) is 38.5 Å². The molecule has 0 aliphatic carbocycles. The van der Waals surface area contributed by atoms with Gasteiger partial charge in [0.25, 0.3) is 0 Å². The summed E-state index contributed by atoms with van der Waals surface area (Å²) in [5.74, 6) is 0.547. The standard InChI is InChI=1S/C10H19BrN4O/c1-8(7-12-4-5-16-3)6-9-10(11)13-14-15(9)2/h8,12H,4-7H2,1-3H3.